The number of hydrogen-bond acceptors (Lipinski definition) is 2. The second kappa shape index (κ2) is 1.81. The first-order valence-electron chi connectivity index (χ1n) is 2.24. The molecule has 4 nitrogen and oxygen atoms in total. The zero-order chi connectivity index (χ0) is 5.98. The van der Waals surface area contributed by atoms with Crippen LogP contribution in [-0.4, -0.2) is 31.0 Å². The van der Waals surface area contributed by atoms with Crippen LogP contribution in [0, 0.1) is 5.41 Å². The van der Waals surface area contributed by atoms with Crippen molar-refractivity contribution in [1.29, 1.82) is 5.41 Å². The molecule has 0 saturated carbocycles. The molecule has 1 aliphatic heterocycles. The Balaban J connectivity index is 2.60. The van der Waals surface area contributed by atoms with Gasteiger partial charge in [0, 0.05) is 7.05 Å². The van der Waals surface area contributed by atoms with Crippen LogP contribution in [-0.2, 0) is 4.74 Å². The van der Waals surface area contributed by atoms with Crippen LogP contribution < -0.4 is 0 Å². The third kappa shape index (κ3) is 0.776. The first kappa shape index (κ1) is 5.08. The van der Waals surface area contributed by atoms with E-state index >= 15 is 0 Å². The Bertz CT molecular complexity index is 131. The van der Waals surface area contributed by atoms with E-state index < -0.39 is 0 Å². The minimum absolute atomic E-state index is 0.247. The Kier molecular flexibility index (Phi) is 1.15. The molecule has 0 radical (unpaired) electrons. The maximum Gasteiger partial charge on any atom is 0.222 e. The van der Waals surface area contributed by atoms with Crippen molar-refractivity contribution >= 4 is 12.4 Å². The molecule has 1 heterocycles. The first-order chi connectivity index (χ1) is 3.80. The molecule has 0 spiro atoms. The maximum absolute atomic E-state index is 7.04. The van der Waals surface area contributed by atoms with Gasteiger partial charge in [0.15, 0.2) is 13.1 Å². The molecule has 0 amide bonds. The SMILES string of the molecule is CN1COC=NC1=N. The summed E-state index contributed by atoms with van der Waals surface area (Å²) in [5, 5.41) is 7.04. The number of rotatable bonds is 0. The molecule has 0 aromatic rings. The summed E-state index contributed by atoms with van der Waals surface area (Å²) in [6.07, 6.45) is 1.28. The van der Waals surface area contributed by atoms with Crippen LogP contribution >= 0.6 is 0 Å². The average Bonchev–Trinajstić information content (AvgIpc) is 1.77. The highest BCUT2D eigenvalue weighted by Crippen LogP contribution is 1.91. The molecule has 0 aromatic heterocycles. The van der Waals surface area contributed by atoms with Crippen molar-refractivity contribution in [1.82, 2.24) is 4.90 Å². The maximum atomic E-state index is 7.04. The molecular formula is C4H7N3O. The predicted octanol–water partition coefficient (Wildman–Crippen LogP) is -0.131. The van der Waals surface area contributed by atoms with E-state index in [4.69, 9.17) is 10.1 Å². The second-order valence-electron chi connectivity index (χ2n) is 1.55. The largest absolute Gasteiger partial charge is 0.462 e. The third-order valence-electron chi connectivity index (χ3n) is 0.879. The molecule has 8 heavy (non-hydrogen) atoms. The van der Waals surface area contributed by atoms with Crippen molar-refractivity contribution in [3.05, 3.63) is 0 Å². The summed E-state index contributed by atoms with van der Waals surface area (Å²) in [4.78, 5) is 5.17. The quantitative estimate of drug-likeness (QED) is 0.475. The van der Waals surface area contributed by atoms with Crippen molar-refractivity contribution in [3.8, 4) is 0 Å². The molecule has 0 atom stereocenters. The van der Waals surface area contributed by atoms with Gasteiger partial charge in [-0.2, -0.15) is 4.99 Å². The van der Waals surface area contributed by atoms with Crippen LogP contribution in [0.2, 0.25) is 0 Å². The number of ether oxygens (including phenoxy) is 1. The zero-order valence-corrected chi connectivity index (χ0v) is 4.59. The normalized spacial score (nSPS) is 18.6. The lowest BCUT2D eigenvalue weighted by Crippen LogP contribution is -2.30. The molecule has 0 unspecified atom stereocenters. The van der Waals surface area contributed by atoms with Crippen molar-refractivity contribution < 1.29 is 4.74 Å². The van der Waals surface area contributed by atoms with E-state index in [9.17, 15) is 0 Å². The molecule has 0 aliphatic carbocycles. The lowest BCUT2D eigenvalue weighted by atomic mass is 10.8. The highest BCUT2D eigenvalue weighted by molar-refractivity contribution is 5.84. The summed E-state index contributed by atoms with van der Waals surface area (Å²) >= 11 is 0. The standard InChI is InChI=1S/C4H7N3O/c1-7-3-8-2-6-4(7)5/h2,5H,3H2,1H3. The van der Waals surface area contributed by atoms with Crippen molar-refractivity contribution in [2.24, 2.45) is 4.99 Å². The summed E-state index contributed by atoms with van der Waals surface area (Å²) in [6.45, 7) is 0.433. The van der Waals surface area contributed by atoms with Crippen LogP contribution in [0.3, 0.4) is 0 Å². The molecule has 1 aliphatic rings. The van der Waals surface area contributed by atoms with E-state index in [-0.39, 0.29) is 5.96 Å². The molecular weight excluding hydrogens is 106 g/mol. The molecule has 0 aromatic carbocycles. The predicted molar refractivity (Wildman–Crippen MR) is 29.9 cm³/mol. The molecule has 1 rings (SSSR count). The van der Waals surface area contributed by atoms with Crippen LogP contribution in [0.4, 0.5) is 0 Å². The number of hydrogen-bond donors (Lipinski definition) is 1. The number of nitrogens with zero attached hydrogens (tertiary/aromatic N) is 2. The monoisotopic (exact) mass is 113 g/mol. The summed E-state index contributed by atoms with van der Waals surface area (Å²) in [5.74, 6) is 0.247. The fourth-order valence-corrected chi connectivity index (χ4v) is 0.392. The summed E-state index contributed by atoms with van der Waals surface area (Å²) in [5.41, 5.74) is 0. The Morgan fingerprint density at radius 1 is 2.00 bits per heavy atom. The lowest BCUT2D eigenvalue weighted by Gasteiger charge is -2.18. The van der Waals surface area contributed by atoms with E-state index in [1.54, 1.807) is 11.9 Å². The molecule has 4 heteroatoms. The molecule has 1 N–H and O–H groups in total. The number of aliphatic imine (C=N–C) groups is 1. The Labute approximate surface area is 47.3 Å². The molecule has 0 fully saturated rings. The van der Waals surface area contributed by atoms with Crippen molar-refractivity contribution in [2.45, 2.75) is 0 Å². The van der Waals surface area contributed by atoms with Gasteiger partial charge in [-0.25, -0.2) is 0 Å². The highest BCUT2D eigenvalue weighted by Gasteiger charge is 2.04. The van der Waals surface area contributed by atoms with Gasteiger partial charge >= 0.3 is 0 Å². The van der Waals surface area contributed by atoms with Gasteiger partial charge < -0.3 is 9.64 Å². The van der Waals surface area contributed by atoms with E-state index in [1.807, 2.05) is 0 Å². The zero-order valence-electron chi connectivity index (χ0n) is 4.59. The Hall–Kier alpha value is -1.06. The van der Waals surface area contributed by atoms with Gasteiger partial charge in [0.05, 0.1) is 0 Å². The number of guanidine groups is 1. The Morgan fingerprint density at radius 2 is 2.75 bits per heavy atom. The third-order valence-corrected chi connectivity index (χ3v) is 0.879. The van der Waals surface area contributed by atoms with E-state index in [2.05, 4.69) is 4.99 Å². The van der Waals surface area contributed by atoms with Crippen LogP contribution in [0.25, 0.3) is 0 Å². The number of nitrogens with one attached hydrogen (secondary N) is 1. The highest BCUT2D eigenvalue weighted by atomic mass is 16.5. The van der Waals surface area contributed by atoms with Crippen molar-refractivity contribution in [2.75, 3.05) is 13.8 Å². The summed E-state index contributed by atoms with van der Waals surface area (Å²) in [7, 11) is 1.75. The minimum atomic E-state index is 0.247. The molecule has 44 valence electrons. The van der Waals surface area contributed by atoms with Crippen molar-refractivity contribution in [3.63, 3.8) is 0 Å². The minimum Gasteiger partial charge on any atom is -0.462 e. The van der Waals surface area contributed by atoms with Gasteiger partial charge in [-0.15, -0.1) is 0 Å². The smallest absolute Gasteiger partial charge is 0.222 e. The Morgan fingerprint density at radius 3 is 3.12 bits per heavy atom. The fraction of sp³-hybridized carbons (Fsp3) is 0.500. The molecule has 0 bridgehead atoms. The van der Waals surface area contributed by atoms with Crippen LogP contribution in [0.5, 0.6) is 0 Å². The average molecular weight is 113 g/mol. The van der Waals surface area contributed by atoms with E-state index in [1.165, 1.54) is 6.40 Å². The second-order valence-corrected chi connectivity index (χ2v) is 1.55. The van der Waals surface area contributed by atoms with Gasteiger partial charge in [-0.05, 0) is 0 Å². The fourth-order valence-electron chi connectivity index (χ4n) is 0.392. The molecule has 0 saturated heterocycles. The topological polar surface area (TPSA) is 48.7 Å². The van der Waals surface area contributed by atoms with Gasteiger partial charge in [0.25, 0.3) is 0 Å². The van der Waals surface area contributed by atoms with Gasteiger partial charge in [-0.1, -0.05) is 0 Å². The van der Waals surface area contributed by atoms with Gasteiger partial charge in [0.1, 0.15) is 0 Å². The lowest BCUT2D eigenvalue weighted by molar-refractivity contribution is 0.200. The van der Waals surface area contributed by atoms with E-state index in [0.717, 1.165) is 0 Å². The first-order valence-corrected chi connectivity index (χ1v) is 2.24. The van der Waals surface area contributed by atoms with Crippen LogP contribution in [0.15, 0.2) is 4.99 Å². The van der Waals surface area contributed by atoms with Crippen LogP contribution in [0.1, 0.15) is 0 Å². The summed E-state index contributed by atoms with van der Waals surface area (Å²) < 4.78 is 4.75. The van der Waals surface area contributed by atoms with Gasteiger partial charge in [-0.3, -0.25) is 5.41 Å². The van der Waals surface area contributed by atoms with E-state index in [0.29, 0.717) is 6.73 Å². The summed E-state index contributed by atoms with van der Waals surface area (Å²) in [6, 6.07) is 0. The van der Waals surface area contributed by atoms with Gasteiger partial charge in [0.2, 0.25) is 5.96 Å².